The Bertz CT molecular complexity index is 1170. The lowest BCUT2D eigenvalue weighted by atomic mass is 9.86. The number of nitrogens with one attached hydrogen (secondary N) is 1. The molecule has 0 radical (unpaired) electrons. The highest BCUT2D eigenvalue weighted by Gasteiger charge is 2.26. The molecule has 2 aromatic heterocycles. The molecule has 2 fully saturated rings. The fourth-order valence-corrected chi connectivity index (χ4v) is 5.14. The Morgan fingerprint density at radius 2 is 1.78 bits per heavy atom. The molecule has 1 aromatic carbocycles. The number of ether oxygens (including phenoxy) is 1. The number of aromatic nitrogens is 4. The van der Waals surface area contributed by atoms with Crippen LogP contribution in [-0.4, -0.2) is 64.8 Å². The van der Waals surface area contributed by atoms with E-state index < -0.39 is 12.6 Å². The average molecular weight is 518 g/mol. The smallest absolute Gasteiger partial charge is 0.378 e. The zero-order valence-electron chi connectivity index (χ0n) is 20.9. The predicted octanol–water partition coefficient (Wildman–Crippen LogP) is 4.60. The van der Waals surface area contributed by atoms with E-state index in [-0.39, 0.29) is 19.0 Å². The van der Waals surface area contributed by atoms with Crippen molar-refractivity contribution in [2.75, 3.05) is 43.1 Å². The van der Waals surface area contributed by atoms with Crippen LogP contribution in [0.1, 0.15) is 38.5 Å². The summed E-state index contributed by atoms with van der Waals surface area (Å²) in [6, 6.07) is 8.61. The Morgan fingerprint density at radius 3 is 2.49 bits per heavy atom. The van der Waals surface area contributed by atoms with Crippen molar-refractivity contribution < 1.29 is 17.9 Å². The average Bonchev–Trinajstić information content (AvgIpc) is 3.25. The van der Waals surface area contributed by atoms with Crippen LogP contribution in [0.5, 0.6) is 0 Å². The molecule has 1 saturated heterocycles. The van der Waals surface area contributed by atoms with Crippen LogP contribution in [0, 0.1) is 5.92 Å². The predicted molar refractivity (Wildman–Crippen MR) is 138 cm³/mol. The molecule has 0 amide bonds. The maximum absolute atomic E-state index is 12.5. The van der Waals surface area contributed by atoms with Gasteiger partial charge in [-0.05, 0) is 50.2 Å². The standard InChI is InChI=1S/C26H34F3N7O/c27-26(28,29)10-1-11-31-25-32-16-22-23(19-4-8-21(9-5-19)35-12-14-37-15-13-35)34-36(24(22)33-25)17-18-2-6-20(30)7-3-18/h4-5,8-9,16,18,20H,1-3,6-7,10-15,17,30H2,(H,31,32,33). The Kier molecular flexibility index (Phi) is 7.80. The quantitative estimate of drug-likeness (QED) is 0.422. The summed E-state index contributed by atoms with van der Waals surface area (Å²) in [5, 5.41) is 8.73. The van der Waals surface area contributed by atoms with Gasteiger partial charge in [0, 0.05) is 56.1 Å². The number of halogens is 3. The molecule has 0 atom stereocenters. The van der Waals surface area contributed by atoms with Gasteiger partial charge in [0.25, 0.3) is 0 Å². The zero-order valence-corrected chi connectivity index (χ0v) is 20.9. The van der Waals surface area contributed by atoms with Gasteiger partial charge in [0.15, 0.2) is 5.65 Å². The fourth-order valence-electron chi connectivity index (χ4n) is 5.14. The summed E-state index contributed by atoms with van der Waals surface area (Å²) in [6.45, 7) is 4.07. The number of fused-ring (bicyclic) bond motifs is 1. The number of nitrogens with two attached hydrogens (primary N) is 1. The van der Waals surface area contributed by atoms with Crippen LogP contribution < -0.4 is 16.0 Å². The topological polar surface area (TPSA) is 94.1 Å². The second-order valence-corrected chi connectivity index (χ2v) is 10.0. The van der Waals surface area contributed by atoms with Gasteiger partial charge < -0.3 is 20.7 Å². The van der Waals surface area contributed by atoms with Crippen LogP contribution in [0.15, 0.2) is 30.5 Å². The van der Waals surface area contributed by atoms with Crippen molar-refractivity contribution in [3.8, 4) is 11.3 Å². The van der Waals surface area contributed by atoms with E-state index in [0.717, 1.165) is 80.9 Å². The van der Waals surface area contributed by atoms with Gasteiger partial charge in [-0.2, -0.15) is 23.3 Å². The maximum Gasteiger partial charge on any atom is 0.389 e. The van der Waals surface area contributed by atoms with E-state index in [1.165, 1.54) is 0 Å². The first-order valence-electron chi connectivity index (χ1n) is 13.1. The van der Waals surface area contributed by atoms with Crippen molar-refractivity contribution in [3.63, 3.8) is 0 Å². The van der Waals surface area contributed by atoms with Crippen molar-refractivity contribution >= 4 is 22.7 Å². The number of nitrogens with zero attached hydrogens (tertiary/aromatic N) is 5. The monoisotopic (exact) mass is 517 g/mol. The van der Waals surface area contributed by atoms with Crippen LogP contribution in [-0.2, 0) is 11.3 Å². The minimum Gasteiger partial charge on any atom is -0.378 e. The molecule has 1 aliphatic heterocycles. The van der Waals surface area contributed by atoms with Crippen LogP contribution in [0.4, 0.5) is 24.8 Å². The molecular formula is C26H34F3N7O. The van der Waals surface area contributed by atoms with Gasteiger partial charge in [0.1, 0.15) is 5.69 Å². The van der Waals surface area contributed by atoms with E-state index in [9.17, 15) is 13.2 Å². The van der Waals surface area contributed by atoms with Gasteiger partial charge >= 0.3 is 6.18 Å². The highest BCUT2D eigenvalue weighted by Crippen LogP contribution is 2.31. The SMILES string of the molecule is NC1CCC(Cn2nc(-c3ccc(N4CCOCC4)cc3)c3cnc(NCCCC(F)(F)F)nc32)CC1. The molecule has 0 bridgehead atoms. The number of anilines is 2. The summed E-state index contributed by atoms with van der Waals surface area (Å²) in [4.78, 5) is 11.4. The zero-order chi connectivity index (χ0) is 25.8. The highest BCUT2D eigenvalue weighted by atomic mass is 19.4. The van der Waals surface area contributed by atoms with Crippen LogP contribution in [0.2, 0.25) is 0 Å². The first-order valence-corrected chi connectivity index (χ1v) is 13.1. The molecule has 37 heavy (non-hydrogen) atoms. The summed E-state index contributed by atoms with van der Waals surface area (Å²) in [5.74, 6) is 0.772. The first kappa shape index (κ1) is 25.7. The van der Waals surface area contributed by atoms with E-state index in [1.807, 2.05) is 4.68 Å². The molecule has 0 spiro atoms. The summed E-state index contributed by atoms with van der Waals surface area (Å²) < 4.78 is 44.9. The van der Waals surface area contributed by atoms with Crippen molar-refractivity contribution in [1.29, 1.82) is 0 Å². The third-order valence-electron chi connectivity index (χ3n) is 7.25. The van der Waals surface area contributed by atoms with Gasteiger partial charge in [-0.1, -0.05) is 12.1 Å². The molecular weight excluding hydrogens is 483 g/mol. The normalized spacial score (nSPS) is 20.9. The molecule has 11 heteroatoms. The van der Waals surface area contributed by atoms with Gasteiger partial charge in [-0.25, -0.2) is 9.67 Å². The molecule has 200 valence electrons. The lowest BCUT2D eigenvalue weighted by Crippen LogP contribution is -2.36. The van der Waals surface area contributed by atoms with Crippen LogP contribution >= 0.6 is 0 Å². The number of hydrogen-bond donors (Lipinski definition) is 2. The van der Waals surface area contributed by atoms with Gasteiger partial charge in [0.2, 0.25) is 5.95 Å². The Hall–Kier alpha value is -2.92. The Morgan fingerprint density at radius 1 is 1.05 bits per heavy atom. The molecule has 3 heterocycles. The Labute approximate surface area is 214 Å². The van der Waals surface area contributed by atoms with Crippen molar-refractivity contribution in [2.24, 2.45) is 11.7 Å². The fraction of sp³-hybridized carbons (Fsp3) is 0.577. The van der Waals surface area contributed by atoms with Gasteiger partial charge in [-0.3, -0.25) is 0 Å². The third-order valence-corrected chi connectivity index (χ3v) is 7.25. The lowest BCUT2D eigenvalue weighted by Gasteiger charge is -2.28. The number of morpholine rings is 1. The Balaban J connectivity index is 1.39. The molecule has 3 aromatic rings. The molecule has 5 rings (SSSR count). The van der Waals surface area contributed by atoms with Crippen molar-refractivity contribution in [1.82, 2.24) is 19.7 Å². The van der Waals surface area contributed by atoms with E-state index in [2.05, 4.69) is 44.5 Å². The minimum atomic E-state index is -4.17. The lowest BCUT2D eigenvalue weighted by molar-refractivity contribution is -0.134. The van der Waals surface area contributed by atoms with E-state index >= 15 is 0 Å². The van der Waals surface area contributed by atoms with E-state index in [1.54, 1.807) is 6.20 Å². The largest absolute Gasteiger partial charge is 0.389 e. The summed E-state index contributed by atoms with van der Waals surface area (Å²) in [7, 11) is 0. The second kappa shape index (κ2) is 11.2. The number of rotatable bonds is 8. The summed E-state index contributed by atoms with van der Waals surface area (Å²) in [5.41, 5.74) is 9.72. The molecule has 0 unspecified atom stereocenters. The summed E-state index contributed by atoms with van der Waals surface area (Å²) in [6.07, 6.45) is 0.766. The number of hydrogen-bond acceptors (Lipinski definition) is 7. The van der Waals surface area contributed by atoms with Crippen molar-refractivity contribution in [2.45, 2.75) is 57.3 Å². The molecule has 1 saturated carbocycles. The highest BCUT2D eigenvalue weighted by molar-refractivity contribution is 5.91. The second-order valence-electron chi connectivity index (χ2n) is 10.0. The van der Waals surface area contributed by atoms with Gasteiger partial charge in [0.05, 0.1) is 18.6 Å². The van der Waals surface area contributed by atoms with Crippen LogP contribution in [0.25, 0.3) is 22.3 Å². The first-order chi connectivity index (χ1) is 17.9. The maximum atomic E-state index is 12.5. The van der Waals surface area contributed by atoms with E-state index in [4.69, 9.17) is 15.6 Å². The molecule has 2 aliphatic rings. The molecule has 3 N–H and O–H groups in total. The minimum absolute atomic E-state index is 0.0345. The number of benzene rings is 1. The molecule has 8 nitrogen and oxygen atoms in total. The van der Waals surface area contributed by atoms with Crippen LogP contribution in [0.3, 0.4) is 0 Å². The molecule has 1 aliphatic carbocycles. The van der Waals surface area contributed by atoms with Crippen molar-refractivity contribution in [3.05, 3.63) is 30.5 Å². The van der Waals surface area contributed by atoms with E-state index in [0.29, 0.717) is 17.5 Å². The summed E-state index contributed by atoms with van der Waals surface area (Å²) >= 11 is 0. The van der Waals surface area contributed by atoms with Gasteiger partial charge in [-0.15, -0.1) is 0 Å². The number of alkyl halides is 3. The third kappa shape index (κ3) is 6.51.